The second-order valence-corrected chi connectivity index (χ2v) is 15.0. The number of carbonyl (C=O) groups is 2. The Bertz CT molecular complexity index is 1920. The largest absolute Gasteiger partial charge is 0.416 e. The highest BCUT2D eigenvalue weighted by molar-refractivity contribution is 5.96. The van der Waals surface area contributed by atoms with Gasteiger partial charge >= 0.3 is 6.18 Å². The van der Waals surface area contributed by atoms with Crippen molar-refractivity contribution in [3.8, 4) is 0 Å². The summed E-state index contributed by atoms with van der Waals surface area (Å²) in [7, 11) is 0. The zero-order chi connectivity index (χ0) is 39.6. The van der Waals surface area contributed by atoms with E-state index in [1.54, 1.807) is 11.0 Å². The molecule has 0 spiro atoms. The predicted octanol–water partition coefficient (Wildman–Crippen LogP) is 9.30. The standard InChI is InChI=1S/C46H51F3N4O2/c1-6-10-34(7-2)32-51-27-29-52(30-28-51)44(55)42(31-36-16-21-39(22-17-36)45(3,4)5)53(33-37-12-19-38(20-13-37)41-11-8-9-26-50-41)43(54)25-18-35-14-23-40(24-15-35)46(47,48)49/h6-7,10-26,42H,1-2,8-9,27-33H2,3-5H3/b25-18+,34-10+. The van der Waals surface area contributed by atoms with Gasteiger partial charge in [0.1, 0.15) is 6.04 Å². The molecular weight excluding hydrogens is 698 g/mol. The number of alkyl halides is 3. The molecule has 1 unspecified atom stereocenters. The second kappa shape index (κ2) is 18.4. The van der Waals surface area contributed by atoms with Crippen LogP contribution in [0.25, 0.3) is 11.8 Å². The van der Waals surface area contributed by atoms with E-state index in [9.17, 15) is 22.8 Å². The highest BCUT2D eigenvalue weighted by Gasteiger charge is 2.34. The zero-order valence-electron chi connectivity index (χ0n) is 32.1. The molecule has 0 bridgehead atoms. The van der Waals surface area contributed by atoms with Crippen molar-refractivity contribution in [2.45, 2.75) is 64.2 Å². The Morgan fingerprint density at radius 3 is 2.05 bits per heavy atom. The fraction of sp³-hybridized carbons (Fsp3) is 0.326. The van der Waals surface area contributed by atoms with Gasteiger partial charge in [-0.2, -0.15) is 13.2 Å². The van der Waals surface area contributed by atoms with E-state index in [0.717, 1.165) is 58.5 Å². The maximum absolute atomic E-state index is 14.7. The van der Waals surface area contributed by atoms with Crippen molar-refractivity contribution in [3.05, 3.63) is 155 Å². The molecule has 2 aliphatic heterocycles. The van der Waals surface area contributed by atoms with Crippen molar-refractivity contribution in [2.24, 2.45) is 4.99 Å². The second-order valence-electron chi connectivity index (χ2n) is 15.0. The average Bonchev–Trinajstić information content (AvgIpc) is 3.18. The summed E-state index contributed by atoms with van der Waals surface area (Å²) in [5, 5.41) is 0. The Kier molecular flexibility index (Phi) is 13.7. The van der Waals surface area contributed by atoms with Crippen LogP contribution < -0.4 is 0 Å². The number of allylic oxidation sites excluding steroid dienone is 3. The van der Waals surface area contributed by atoms with E-state index in [0.29, 0.717) is 38.3 Å². The summed E-state index contributed by atoms with van der Waals surface area (Å²) in [5.41, 5.74) is 5.42. The lowest BCUT2D eigenvalue weighted by Crippen LogP contribution is -2.56. The summed E-state index contributed by atoms with van der Waals surface area (Å²) in [6, 6.07) is 19.8. The minimum absolute atomic E-state index is 0.0595. The van der Waals surface area contributed by atoms with Gasteiger partial charge in [0, 0.05) is 58.0 Å². The van der Waals surface area contributed by atoms with Crippen LogP contribution in [0.1, 0.15) is 67.0 Å². The number of hydrogen-bond acceptors (Lipinski definition) is 4. The number of halogens is 3. The lowest BCUT2D eigenvalue weighted by Gasteiger charge is -2.39. The number of hydrogen-bond donors (Lipinski definition) is 0. The van der Waals surface area contributed by atoms with Crippen LogP contribution in [0.4, 0.5) is 13.2 Å². The third kappa shape index (κ3) is 11.4. The van der Waals surface area contributed by atoms with E-state index in [-0.39, 0.29) is 24.3 Å². The van der Waals surface area contributed by atoms with Gasteiger partial charge in [-0.25, -0.2) is 0 Å². The molecule has 1 saturated heterocycles. The molecule has 0 aliphatic carbocycles. The van der Waals surface area contributed by atoms with Gasteiger partial charge in [0.05, 0.1) is 11.3 Å². The first-order valence-electron chi connectivity index (χ1n) is 18.8. The van der Waals surface area contributed by atoms with E-state index < -0.39 is 23.7 Å². The number of piperazine rings is 1. The van der Waals surface area contributed by atoms with Gasteiger partial charge < -0.3 is 9.80 Å². The molecule has 6 nitrogen and oxygen atoms in total. The molecule has 2 amide bonds. The minimum atomic E-state index is -4.47. The van der Waals surface area contributed by atoms with E-state index >= 15 is 0 Å². The molecular formula is C46H51F3N4O2. The van der Waals surface area contributed by atoms with Gasteiger partial charge in [-0.3, -0.25) is 19.5 Å². The van der Waals surface area contributed by atoms with Crippen LogP contribution in [0, 0.1) is 0 Å². The van der Waals surface area contributed by atoms with E-state index in [4.69, 9.17) is 0 Å². The lowest BCUT2D eigenvalue weighted by atomic mass is 9.86. The van der Waals surface area contributed by atoms with Crippen molar-refractivity contribution < 1.29 is 22.8 Å². The lowest BCUT2D eigenvalue weighted by molar-refractivity contribution is -0.145. The number of amides is 2. The van der Waals surface area contributed by atoms with Gasteiger partial charge in [-0.15, -0.1) is 0 Å². The maximum Gasteiger partial charge on any atom is 0.416 e. The summed E-state index contributed by atoms with van der Waals surface area (Å²) in [4.78, 5) is 39.3. The molecule has 2 aliphatic rings. The van der Waals surface area contributed by atoms with Gasteiger partial charge in [-0.1, -0.05) is 119 Å². The predicted molar refractivity (Wildman–Crippen MR) is 217 cm³/mol. The summed E-state index contributed by atoms with van der Waals surface area (Å²) >= 11 is 0. The maximum atomic E-state index is 14.7. The van der Waals surface area contributed by atoms with E-state index in [1.807, 2.05) is 59.7 Å². The highest BCUT2D eigenvalue weighted by Crippen LogP contribution is 2.30. The molecule has 0 N–H and O–H groups in total. The topological polar surface area (TPSA) is 56.2 Å². The van der Waals surface area contributed by atoms with Crippen LogP contribution in [-0.4, -0.2) is 71.5 Å². The molecule has 0 radical (unpaired) electrons. The van der Waals surface area contributed by atoms with Crippen LogP contribution in [0.15, 0.2) is 127 Å². The third-order valence-corrected chi connectivity index (χ3v) is 10.0. The minimum Gasteiger partial charge on any atom is -0.338 e. The number of benzene rings is 3. The van der Waals surface area contributed by atoms with Crippen LogP contribution in [-0.2, 0) is 34.1 Å². The van der Waals surface area contributed by atoms with Crippen LogP contribution >= 0.6 is 0 Å². The SMILES string of the molecule is C=C/C=C(\C=C)CN1CCN(C(=O)C(Cc2ccc(C(C)(C)C)cc2)N(Cc2ccc(C3=CCCC=N3)cc2)C(=O)/C=C/c2ccc(C(F)(F)F)cc2)CC1. The van der Waals surface area contributed by atoms with Crippen molar-refractivity contribution in [2.75, 3.05) is 32.7 Å². The van der Waals surface area contributed by atoms with Crippen molar-refractivity contribution >= 4 is 29.8 Å². The van der Waals surface area contributed by atoms with E-state index in [2.05, 4.69) is 62.0 Å². The summed E-state index contributed by atoms with van der Waals surface area (Å²) in [5.74, 6) is -0.572. The zero-order valence-corrected chi connectivity index (χ0v) is 32.1. The fourth-order valence-electron chi connectivity index (χ4n) is 6.70. The first-order valence-corrected chi connectivity index (χ1v) is 18.8. The Labute approximate surface area is 323 Å². The molecule has 1 atom stereocenters. The number of aliphatic imine (C=N–C) groups is 1. The van der Waals surface area contributed by atoms with Crippen LogP contribution in [0.2, 0.25) is 0 Å². The fourth-order valence-corrected chi connectivity index (χ4v) is 6.70. The highest BCUT2D eigenvalue weighted by atomic mass is 19.4. The molecule has 1 fully saturated rings. The van der Waals surface area contributed by atoms with Crippen LogP contribution in [0.5, 0.6) is 0 Å². The molecule has 5 rings (SSSR count). The van der Waals surface area contributed by atoms with Gasteiger partial charge in [0.25, 0.3) is 0 Å². The summed E-state index contributed by atoms with van der Waals surface area (Å²) in [6.45, 7) is 17.3. The van der Waals surface area contributed by atoms with Crippen LogP contribution in [0.3, 0.4) is 0 Å². The smallest absolute Gasteiger partial charge is 0.338 e. The number of carbonyl (C=O) groups excluding carboxylic acids is 2. The Morgan fingerprint density at radius 1 is 0.855 bits per heavy atom. The quantitative estimate of drug-likeness (QED) is 0.129. The number of nitrogens with zero attached hydrogens (tertiary/aromatic N) is 4. The monoisotopic (exact) mass is 748 g/mol. The van der Waals surface area contributed by atoms with Gasteiger partial charge in [-0.05, 0) is 69.9 Å². The summed E-state index contributed by atoms with van der Waals surface area (Å²) in [6.07, 6.45) is 9.98. The molecule has 0 aromatic heterocycles. The van der Waals surface area contributed by atoms with E-state index in [1.165, 1.54) is 24.3 Å². The Hall–Kier alpha value is -5.28. The molecule has 3 aromatic carbocycles. The normalized spacial score (nSPS) is 16.1. The molecule has 55 heavy (non-hydrogen) atoms. The third-order valence-electron chi connectivity index (χ3n) is 10.0. The molecule has 3 aromatic rings. The first-order chi connectivity index (χ1) is 26.2. The molecule has 2 heterocycles. The van der Waals surface area contributed by atoms with Crippen molar-refractivity contribution in [3.63, 3.8) is 0 Å². The van der Waals surface area contributed by atoms with Gasteiger partial charge in [0.15, 0.2) is 0 Å². The first kappa shape index (κ1) is 40.9. The molecule has 0 saturated carbocycles. The molecule has 288 valence electrons. The Balaban J connectivity index is 1.48. The summed E-state index contributed by atoms with van der Waals surface area (Å²) < 4.78 is 39.7. The van der Waals surface area contributed by atoms with Gasteiger partial charge in [0.2, 0.25) is 11.8 Å². The Morgan fingerprint density at radius 2 is 1.49 bits per heavy atom. The number of rotatable bonds is 13. The molecule has 9 heteroatoms. The van der Waals surface area contributed by atoms with Crippen molar-refractivity contribution in [1.29, 1.82) is 0 Å². The van der Waals surface area contributed by atoms with Crippen molar-refractivity contribution in [1.82, 2.24) is 14.7 Å². The average molecular weight is 749 g/mol.